The van der Waals surface area contributed by atoms with Crippen molar-refractivity contribution in [1.82, 2.24) is 4.90 Å². The summed E-state index contributed by atoms with van der Waals surface area (Å²) in [4.78, 5) is 55.2. The molecule has 12 nitrogen and oxygen atoms in total. The highest BCUT2D eigenvalue weighted by atomic mass is 16.5. The second-order valence-electron chi connectivity index (χ2n) is 10.6. The summed E-state index contributed by atoms with van der Waals surface area (Å²) in [5.41, 5.74) is 2.18. The van der Waals surface area contributed by atoms with E-state index < -0.39 is 69.6 Å². The lowest BCUT2D eigenvalue weighted by atomic mass is 9.57. The van der Waals surface area contributed by atoms with Crippen molar-refractivity contribution < 1.29 is 44.3 Å². The number of aliphatic hydroxyl groups is 3. The molecule has 0 bridgehead atoms. The van der Waals surface area contributed by atoms with Crippen molar-refractivity contribution in [3.63, 3.8) is 0 Å². The SMILES string of the molecule is CCOCC(=O)c1cc(N(C)C)c2c(c1O)C(O)=C1C(=O)[C@]3(O)C(O)=C(C(N)=O)C(=O)[C@@H](N(C)C)[C@@H]3C[C@@H]1C2. The predicted molar refractivity (Wildman–Crippen MR) is 139 cm³/mol. The van der Waals surface area contributed by atoms with Gasteiger partial charge in [0, 0.05) is 37.9 Å². The van der Waals surface area contributed by atoms with Gasteiger partial charge < -0.3 is 35.8 Å². The smallest absolute Gasteiger partial charge is 0.255 e. The van der Waals surface area contributed by atoms with Crippen molar-refractivity contribution in [2.45, 2.75) is 31.4 Å². The maximum atomic E-state index is 14.0. The van der Waals surface area contributed by atoms with Crippen molar-refractivity contribution in [2.75, 3.05) is 46.3 Å². The first-order chi connectivity index (χ1) is 18.2. The van der Waals surface area contributed by atoms with Crippen LogP contribution in [-0.2, 0) is 25.5 Å². The summed E-state index contributed by atoms with van der Waals surface area (Å²) in [6.07, 6.45) is 0.0972. The van der Waals surface area contributed by atoms with Gasteiger partial charge in [-0.2, -0.15) is 0 Å². The number of nitrogens with zero attached hydrogens (tertiary/aromatic N) is 2. The first-order valence-electron chi connectivity index (χ1n) is 12.5. The van der Waals surface area contributed by atoms with Gasteiger partial charge in [-0.15, -0.1) is 0 Å². The Morgan fingerprint density at radius 3 is 2.33 bits per heavy atom. The molecule has 3 aliphatic carbocycles. The molecule has 1 aromatic rings. The maximum Gasteiger partial charge on any atom is 0.255 e. The van der Waals surface area contributed by atoms with E-state index in [0.29, 0.717) is 11.3 Å². The summed E-state index contributed by atoms with van der Waals surface area (Å²) >= 11 is 0. The van der Waals surface area contributed by atoms with Crippen LogP contribution >= 0.6 is 0 Å². The van der Waals surface area contributed by atoms with E-state index >= 15 is 0 Å². The predicted octanol–water partition coefficient (Wildman–Crippen LogP) is 0.249. The molecule has 1 fully saturated rings. The van der Waals surface area contributed by atoms with Crippen LogP contribution in [0.3, 0.4) is 0 Å². The van der Waals surface area contributed by atoms with E-state index in [-0.39, 0.29) is 42.8 Å². The highest BCUT2D eigenvalue weighted by Gasteiger charge is 2.64. The van der Waals surface area contributed by atoms with Crippen molar-refractivity contribution >= 4 is 34.7 Å². The first kappa shape index (κ1) is 28.3. The van der Waals surface area contributed by atoms with Crippen molar-refractivity contribution in [3.8, 4) is 5.75 Å². The number of aliphatic hydroxyl groups excluding tert-OH is 2. The summed E-state index contributed by atoms with van der Waals surface area (Å²) in [5.74, 6) is -8.01. The number of fused-ring (bicyclic) bond motifs is 3. The molecular weight excluding hydrogens is 510 g/mol. The van der Waals surface area contributed by atoms with Crippen LogP contribution in [0.1, 0.15) is 34.8 Å². The van der Waals surface area contributed by atoms with Crippen LogP contribution in [0.25, 0.3) is 5.76 Å². The number of nitrogens with two attached hydrogens (primary N) is 1. The summed E-state index contributed by atoms with van der Waals surface area (Å²) < 4.78 is 5.19. The zero-order valence-corrected chi connectivity index (χ0v) is 22.4. The minimum atomic E-state index is -2.73. The van der Waals surface area contributed by atoms with Gasteiger partial charge in [-0.3, -0.25) is 24.1 Å². The van der Waals surface area contributed by atoms with Crippen molar-refractivity contribution in [3.05, 3.63) is 39.7 Å². The van der Waals surface area contributed by atoms with Gasteiger partial charge in [0.15, 0.2) is 17.2 Å². The number of Topliss-reactive ketones (excluding diaryl/α,β-unsaturated/α-hetero) is 3. The Morgan fingerprint density at radius 2 is 1.79 bits per heavy atom. The number of likely N-dealkylation sites (N-methyl/N-ethyl adjacent to an activating group) is 1. The number of benzene rings is 1. The largest absolute Gasteiger partial charge is 0.508 e. The number of phenols is 1. The summed E-state index contributed by atoms with van der Waals surface area (Å²) in [5, 5.41) is 45.2. The van der Waals surface area contributed by atoms with Gasteiger partial charge >= 0.3 is 0 Å². The number of carbonyl (C=O) groups is 4. The molecule has 39 heavy (non-hydrogen) atoms. The van der Waals surface area contributed by atoms with Gasteiger partial charge in [-0.1, -0.05) is 0 Å². The molecule has 0 aromatic heterocycles. The monoisotopic (exact) mass is 543 g/mol. The Morgan fingerprint density at radius 1 is 1.15 bits per heavy atom. The lowest BCUT2D eigenvalue weighted by Crippen LogP contribution is -2.65. The maximum absolute atomic E-state index is 14.0. The molecule has 4 rings (SSSR count). The van der Waals surface area contributed by atoms with Gasteiger partial charge in [0.05, 0.1) is 17.2 Å². The van der Waals surface area contributed by atoms with Gasteiger partial charge in [-0.05, 0) is 51.4 Å². The van der Waals surface area contributed by atoms with Crippen LogP contribution in [-0.4, -0.2) is 102 Å². The van der Waals surface area contributed by atoms with Crippen LogP contribution in [0.4, 0.5) is 5.69 Å². The number of hydrogen-bond donors (Lipinski definition) is 5. The zero-order valence-electron chi connectivity index (χ0n) is 22.4. The molecule has 3 aliphatic rings. The number of phenolic OH excluding ortho intramolecular Hbond substituents is 1. The lowest BCUT2D eigenvalue weighted by Gasteiger charge is -2.50. The molecule has 0 aliphatic heterocycles. The number of amides is 1. The standard InChI is InChI=1S/C27H33N3O9/c1-6-39-10-16(31)13-9-15(29(2)3)12-7-11-8-14-20(30(4)5)23(34)19(26(28)37)25(36)27(14,38)24(35)17(11)22(33)18(12)21(13)32/h9,11,14,20,32-33,36,38H,6-8,10H2,1-5H3,(H2,28,37)/t11-,14-,20-,27-/m0/s1. The van der Waals surface area contributed by atoms with Gasteiger partial charge in [-0.25, -0.2) is 0 Å². The van der Waals surface area contributed by atoms with Crippen molar-refractivity contribution in [2.24, 2.45) is 17.6 Å². The molecule has 4 atom stereocenters. The minimum absolute atomic E-state index is 0.0234. The average molecular weight is 544 g/mol. The Hall–Kier alpha value is -3.74. The van der Waals surface area contributed by atoms with Crippen LogP contribution < -0.4 is 10.6 Å². The number of hydrogen-bond acceptors (Lipinski definition) is 11. The fraction of sp³-hybridized carbons (Fsp3) is 0.481. The number of primary amides is 1. The molecule has 0 heterocycles. The van der Waals surface area contributed by atoms with E-state index in [1.54, 1.807) is 25.9 Å². The molecule has 1 aromatic carbocycles. The number of aromatic hydroxyl groups is 1. The zero-order chi connectivity index (χ0) is 29.1. The van der Waals surface area contributed by atoms with E-state index in [1.165, 1.54) is 25.1 Å². The Balaban J connectivity index is 1.98. The van der Waals surface area contributed by atoms with Gasteiger partial charge in [0.25, 0.3) is 5.91 Å². The molecule has 12 heteroatoms. The van der Waals surface area contributed by atoms with Gasteiger partial charge in [0.1, 0.15) is 29.4 Å². The normalized spacial score (nSPS) is 26.4. The van der Waals surface area contributed by atoms with Gasteiger partial charge in [0.2, 0.25) is 5.78 Å². The third kappa shape index (κ3) is 4.01. The summed E-state index contributed by atoms with van der Waals surface area (Å²) in [7, 11) is 6.52. The molecule has 0 radical (unpaired) electrons. The number of carbonyl (C=O) groups excluding carboxylic acids is 4. The summed E-state index contributed by atoms with van der Waals surface area (Å²) in [6.45, 7) is 1.66. The van der Waals surface area contributed by atoms with E-state index in [1.807, 2.05) is 0 Å². The molecule has 1 amide bonds. The highest BCUT2D eigenvalue weighted by molar-refractivity contribution is 6.24. The fourth-order valence-electron chi connectivity index (χ4n) is 6.18. The van der Waals surface area contributed by atoms with Crippen molar-refractivity contribution in [1.29, 1.82) is 0 Å². The summed E-state index contributed by atoms with van der Waals surface area (Å²) in [6, 6.07) is 0.331. The molecule has 0 spiro atoms. The average Bonchev–Trinajstić information content (AvgIpc) is 2.84. The molecule has 6 N–H and O–H groups in total. The van der Waals surface area contributed by atoms with E-state index in [4.69, 9.17) is 10.5 Å². The third-order valence-corrected chi connectivity index (χ3v) is 7.92. The van der Waals surface area contributed by atoms with Crippen LogP contribution in [0, 0.1) is 11.8 Å². The molecule has 1 saturated carbocycles. The minimum Gasteiger partial charge on any atom is -0.508 e. The third-order valence-electron chi connectivity index (χ3n) is 7.92. The second-order valence-corrected chi connectivity index (χ2v) is 10.6. The Labute approximate surface area is 224 Å². The quantitative estimate of drug-likeness (QED) is 0.234. The molecule has 0 unspecified atom stereocenters. The van der Waals surface area contributed by atoms with E-state index in [0.717, 1.165) is 0 Å². The first-order valence-corrected chi connectivity index (χ1v) is 12.5. The Bertz CT molecular complexity index is 1360. The lowest BCUT2D eigenvalue weighted by molar-refractivity contribution is -0.153. The highest BCUT2D eigenvalue weighted by Crippen LogP contribution is 2.54. The van der Waals surface area contributed by atoms with Crippen LogP contribution in [0.2, 0.25) is 0 Å². The number of ether oxygens (including phenoxy) is 1. The molecular formula is C27H33N3O9. The number of anilines is 1. The van der Waals surface area contributed by atoms with Crippen LogP contribution in [0.5, 0.6) is 5.75 Å². The molecule has 210 valence electrons. The fourth-order valence-corrected chi connectivity index (χ4v) is 6.18. The number of rotatable bonds is 7. The second kappa shape index (κ2) is 9.78. The van der Waals surface area contributed by atoms with E-state index in [9.17, 15) is 39.6 Å². The number of ketones is 3. The Kier molecular flexibility index (Phi) is 7.09. The van der Waals surface area contributed by atoms with E-state index in [2.05, 4.69) is 0 Å². The molecule has 0 saturated heterocycles. The topological polar surface area (TPSA) is 191 Å². The van der Waals surface area contributed by atoms with Crippen LogP contribution in [0.15, 0.2) is 23.0 Å².